The van der Waals surface area contributed by atoms with Gasteiger partial charge in [0.05, 0.1) is 11.9 Å². The van der Waals surface area contributed by atoms with Crippen LogP contribution in [0.1, 0.15) is 21.5 Å². The van der Waals surface area contributed by atoms with E-state index in [0.717, 1.165) is 11.1 Å². The topological polar surface area (TPSA) is 104 Å². The fourth-order valence-electron chi connectivity index (χ4n) is 2.65. The molecule has 7 heteroatoms. The first kappa shape index (κ1) is 19.9. The van der Waals surface area contributed by atoms with Crippen LogP contribution in [0.3, 0.4) is 0 Å². The Morgan fingerprint density at radius 2 is 1.90 bits per heavy atom. The van der Waals surface area contributed by atoms with Crippen molar-refractivity contribution >= 4 is 17.5 Å². The van der Waals surface area contributed by atoms with Crippen LogP contribution in [0.2, 0.25) is 0 Å². The van der Waals surface area contributed by atoms with Crippen LogP contribution in [0, 0.1) is 13.8 Å². The second-order valence-electron chi connectivity index (χ2n) is 6.49. The van der Waals surface area contributed by atoms with E-state index in [9.17, 15) is 9.59 Å². The van der Waals surface area contributed by atoms with Crippen LogP contribution in [-0.4, -0.2) is 23.4 Å². The van der Waals surface area contributed by atoms with Gasteiger partial charge in [-0.1, -0.05) is 23.8 Å². The molecule has 0 aliphatic rings. The van der Waals surface area contributed by atoms with E-state index in [1.165, 1.54) is 12.3 Å². The molecule has 1 heterocycles. The van der Waals surface area contributed by atoms with Crippen LogP contribution in [0.15, 0.2) is 60.8 Å². The Kier molecular flexibility index (Phi) is 6.09. The van der Waals surface area contributed by atoms with E-state index in [4.69, 9.17) is 15.2 Å². The molecule has 0 unspecified atom stereocenters. The molecule has 7 nitrogen and oxygen atoms in total. The van der Waals surface area contributed by atoms with Gasteiger partial charge in [0.1, 0.15) is 11.5 Å². The van der Waals surface area contributed by atoms with Crippen molar-refractivity contribution in [1.82, 2.24) is 4.98 Å². The summed E-state index contributed by atoms with van der Waals surface area (Å²) in [7, 11) is 0. The number of anilines is 1. The van der Waals surface area contributed by atoms with E-state index in [1.54, 1.807) is 30.3 Å². The van der Waals surface area contributed by atoms with Crippen LogP contribution >= 0.6 is 0 Å². The third-order valence-corrected chi connectivity index (χ3v) is 4.05. The highest BCUT2D eigenvalue weighted by Crippen LogP contribution is 2.22. The van der Waals surface area contributed by atoms with Gasteiger partial charge in [-0.25, -0.2) is 4.98 Å². The minimum Gasteiger partial charge on any atom is -0.483 e. The second-order valence-corrected chi connectivity index (χ2v) is 6.49. The lowest BCUT2D eigenvalue weighted by Crippen LogP contribution is -2.20. The fourth-order valence-corrected chi connectivity index (χ4v) is 2.65. The van der Waals surface area contributed by atoms with Gasteiger partial charge in [-0.2, -0.15) is 0 Å². The Morgan fingerprint density at radius 3 is 2.59 bits per heavy atom. The zero-order valence-electron chi connectivity index (χ0n) is 16.1. The lowest BCUT2D eigenvalue weighted by atomic mass is 10.1. The molecule has 0 spiro atoms. The number of amides is 2. The summed E-state index contributed by atoms with van der Waals surface area (Å²) in [4.78, 5) is 27.5. The number of aryl methyl sites for hydroxylation is 2. The van der Waals surface area contributed by atoms with E-state index in [2.05, 4.69) is 10.3 Å². The minimum atomic E-state index is -0.537. The Hall–Kier alpha value is -3.87. The van der Waals surface area contributed by atoms with E-state index >= 15 is 0 Å². The van der Waals surface area contributed by atoms with Gasteiger partial charge in [-0.15, -0.1) is 0 Å². The lowest BCUT2D eigenvalue weighted by Gasteiger charge is -2.10. The fraction of sp³-hybridized carbons (Fsp3) is 0.136. The first-order chi connectivity index (χ1) is 13.9. The van der Waals surface area contributed by atoms with Crippen LogP contribution in [0.4, 0.5) is 5.69 Å². The summed E-state index contributed by atoms with van der Waals surface area (Å²) in [5.41, 5.74) is 8.22. The van der Waals surface area contributed by atoms with Gasteiger partial charge in [-0.05, 0) is 49.7 Å². The number of hydrogen-bond acceptors (Lipinski definition) is 5. The van der Waals surface area contributed by atoms with Gasteiger partial charge in [0, 0.05) is 11.6 Å². The molecule has 3 N–H and O–H groups in total. The van der Waals surface area contributed by atoms with Crippen molar-refractivity contribution in [2.24, 2.45) is 5.73 Å². The molecule has 0 radical (unpaired) electrons. The first-order valence-electron chi connectivity index (χ1n) is 8.94. The molecule has 0 fully saturated rings. The zero-order valence-corrected chi connectivity index (χ0v) is 16.1. The van der Waals surface area contributed by atoms with Gasteiger partial charge in [0.15, 0.2) is 6.61 Å². The third-order valence-electron chi connectivity index (χ3n) is 4.05. The Balaban J connectivity index is 1.55. The Bertz CT molecular complexity index is 1030. The number of carbonyl (C=O) groups excluding carboxylic acids is 2. The number of ether oxygens (including phenoxy) is 2. The highest BCUT2D eigenvalue weighted by Gasteiger charge is 2.08. The standard InChI is InChI=1S/C22H21N3O4/c1-14-6-8-19(15(2)10-14)28-13-20(26)25-17-7-9-21(24-12-17)29-18-5-3-4-16(11-18)22(23)27/h3-12H,13H2,1-2H3,(H2,23,27)(H,25,26). The Labute approximate surface area is 168 Å². The van der Waals surface area contributed by atoms with Crippen LogP contribution in [0.5, 0.6) is 17.4 Å². The Morgan fingerprint density at radius 1 is 1.07 bits per heavy atom. The number of nitrogens with one attached hydrogen (secondary N) is 1. The van der Waals surface area contributed by atoms with Crippen molar-refractivity contribution in [2.75, 3.05) is 11.9 Å². The molecule has 3 aromatic rings. The molecule has 2 aromatic carbocycles. The van der Waals surface area contributed by atoms with E-state index in [-0.39, 0.29) is 12.5 Å². The summed E-state index contributed by atoms with van der Waals surface area (Å²) in [5, 5.41) is 2.71. The summed E-state index contributed by atoms with van der Waals surface area (Å²) >= 11 is 0. The number of nitrogens with zero attached hydrogens (tertiary/aromatic N) is 1. The second kappa shape index (κ2) is 8.88. The normalized spacial score (nSPS) is 10.3. The predicted molar refractivity (Wildman–Crippen MR) is 109 cm³/mol. The van der Waals surface area contributed by atoms with Gasteiger partial charge >= 0.3 is 0 Å². The van der Waals surface area contributed by atoms with E-state index in [1.807, 2.05) is 32.0 Å². The summed E-state index contributed by atoms with van der Waals surface area (Å²) < 4.78 is 11.2. The molecule has 0 atom stereocenters. The molecule has 0 aliphatic heterocycles. The lowest BCUT2D eigenvalue weighted by molar-refractivity contribution is -0.118. The minimum absolute atomic E-state index is 0.109. The summed E-state index contributed by atoms with van der Waals surface area (Å²) in [6.07, 6.45) is 1.47. The summed E-state index contributed by atoms with van der Waals surface area (Å²) in [5.74, 6) is 0.591. The van der Waals surface area contributed by atoms with Crippen molar-refractivity contribution in [1.29, 1.82) is 0 Å². The van der Waals surface area contributed by atoms with Crippen molar-refractivity contribution in [3.63, 3.8) is 0 Å². The monoisotopic (exact) mass is 391 g/mol. The number of nitrogens with two attached hydrogens (primary N) is 1. The molecule has 2 amide bonds. The van der Waals surface area contributed by atoms with Gasteiger partial charge in [0.25, 0.3) is 5.91 Å². The third kappa shape index (κ3) is 5.55. The zero-order chi connectivity index (χ0) is 20.8. The molecule has 0 saturated carbocycles. The maximum Gasteiger partial charge on any atom is 0.262 e. The number of aromatic nitrogens is 1. The molecule has 148 valence electrons. The van der Waals surface area contributed by atoms with Crippen molar-refractivity contribution < 1.29 is 19.1 Å². The quantitative estimate of drug-likeness (QED) is 0.640. The van der Waals surface area contributed by atoms with Crippen molar-refractivity contribution in [2.45, 2.75) is 13.8 Å². The highest BCUT2D eigenvalue weighted by molar-refractivity contribution is 5.93. The summed E-state index contributed by atoms with van der Waals surface area (Å²) in [6, 6.07) is 15.5. The molecule has 0 aliphatic carbocycles. The smallest absolute Gasteiger partial charge is 0.262 e. The molecular formula is C22H21N3O4. The molecule has 3 rings (SSSR count). The van der Waals surface area contributed by atoms with Gasteiger partial charge < -0.3 is 20.5 Å². The first-order valence-corrected chi connectivity index (χ1v) is 8.94. The van der Waals surface area contributed by atoms with Crippen LogP contribution < -0.4 is 20.5 Å². The SMILES string of the molecule is Cc1ccc(OCC(=O)Nc2ccc(Oc3cccc(C(N)=O)c3)nc2)c(C)c1. The van der Waals surface area contributed by atoms with E-state index in [0.29, 0.717) is 28.6 Å². The average molecular weight is 391 g/mol. The molecule has 0 bridgehead atoms. The molecule has 0 saturated heterocycles. The maximum atomic E-state index is 12.1. The number of hydrogen-bond donors (Lipinski definition) is 2. The number of primary amides is 1. The number of benzene rings is 2. The van der Waals surface area contributed by atoms with Gasteiger partial charge in [0.2, 0.25) is 11.8 Å². The number of pyridine rings is 1. The van der Waals surface area contributed by atoms with E-state index < -0.39 is 5.91 Å². The predicted octanol–water partition coefficient (Wildman–Crippen LogP) is 3.61. The largest absolute Gasteiger partial charge is 0.483 e. The number of carbonyl (C=O) groups is 2. The van der Waals surface area contributed by atoms with Crippen molar-refractivity contribution in [3.05, 3.63) is 77.5 Å². The highest BCUT2D eigenvalue weighted by atomic mass is 16.5. The van der Waals surface area contributed by atoms with Crippen LogP contribution in [0.25, 0.3) is 0 Å². The van der Waals surface area contributed by atoms with Gasteiger partial charge in [-0.3, -0.25) is 9.59 Å². The van der Waals surface area contributed by atoms with Crippen molar-refractivity contribution in [3.8, 4) is 17.4 Å². The average Bonchev–Trinajstić information content (AvgIpc) is 2.69. The maximum absolute atomic E-state index is 12.1. The number of rotatable bonds is 7. The van der Waals surface area contributed by atoms with Crippen LogP contribution in [-0.2, 0) is 4.79 Å². The molecular weight excluding hydrogens is 370 g/mol. The molecule has 29 heavy (non-hydrogen) atoms. The summed E-state index contributed by atoms with van der Waals surface area (Å²) in [6.45, 7) is 3.82. The molecule has 1 aromatic heterocycles.